The van der Waals surface area contributed by atoms with E-state index in [1.807, 2.05) is 6.92 Å². The van der Waals surface area contributed by atoms with Crippen molar-refractivity contribution < 1.29 is 9.53 Å². The molecule has 2 aliphatic carbocycles. The van der Waals surface area contributed by atoms with Gasteiger partial charge >= 0.3 is 5.97 Å². The molecule has 16 heavy (non-hydrogen) atoms. The smallest absolute Gasteiger partial charge is 0.302 e. The van der Waals surface area contributed by atoms with Gasteiger partial charge in [0.1, 0.15) is 6.10 Å². The second-order valence-electron chi connectivity index (χ2n) is 5.32. The first kappa shape index (κ1) is 11.3. The molecule has 0 saturated heterocycles. The molecule has 5 heteroatoms. The van der Waals surface area contributed by atoms with Gasteiger partial charge in [-0.05, 0) is 43.1 Å². The van der Waals surface area contributed by atoms with Crippen molar-refractivity contribution in [2.24, 2.45) is 17.0 Å². The molecule has 0 aliphatic heterocycles. The zero-order valence-electron chi connectivity index (χ0n) is 9.72. The van der Waals surface area contributed by atoms with E-state index >= 15 is 0 Å². The molecular weight excluding hydrogens is 206 g/mol. The number of nitrogens with zero attached hydrogens (tertiary/aromatic N) is 3. The molecule has 0 bridgehead atoms. The van der Waals surface area contributed by atoms with Crippen LogP contribution in [0.3, 0.4) is 0 Å². The maximum absolute atomic E-state index is 10.9. The van der Waals surface area contributed by atoms with E-state index in [0.717, 1.165) is 25.7 Å². The topological polar surface area (TPSA) is 75.1 Å². The number of esters is 1. The van der Waals surface area contributed by atoms with Crippen molar-refractivity contribution in [3.8, 4) is 0 Å². The number of carbonyl (C=O) groups is 1. The Kier molecular flexibility index (Phi) is 2.80. The van der Waals surface area contributed by atoms with Gasteiger partial charge in [-0.15, -0.1) is 0 Å². The van der Waals surface area contributed by atoms with Crippen LogP contribution in [0.1, 0.15) is 39.5 Å². The van der Waals surface area contributed by atoms with Crippen LogP contribution in [0.2, 0.25) is 0 Å². The van der Waals surface area contributed by atoms with Gasteiger partial charge in [-0.25, -0.2) is 0 Å². The van der Waals surface area contributed by atoms with E-state index in [2.05, 4.69) is 10.0 Å². The molecule has 0 N–H and O–H groups in total. The lowest BCUT2D eigenvalue weighted by Gasteiger charge is -2.19. The Balaban J connectivity index is 1.95. The van der Waals surface area contributed by atoms with Crippen molar-refractivity contribution in [2.75, 3.05) is 0 Å². The summed E-state index contributed by atoms with van der Waals surface area (Å²) in [5.74, 6) is 0.919. The van der Waals surface area contributed by atoms with Gasteiger partial charge in [-0.1, -0.05) is 12.0 Å². The van der Waals surface area contributed by atoms with E-state index in [-0.39, 0.29) is 17.6 Å². The molecule has 2 unspecified atom stereocenters. The lowest BCUT2D eigenvalue weighted by atomic mass is 9.97. The summed E-state index contributed by atoms with van der Waals surface area (Å²) >= 11 is 0. The van der Waals surface area contributed by atoms with Gasteiger partial charge in [0.25, 0.3) is 0 Å². The predicted octanol–water partition coefficient (Wildman–Crippen LogP) is 2.81. The minimum Gasteiger partial charge on any atom is -0.463 e. The molecule has 2 aliphatic rings. The van der Waals surface area contributed by atoms with Crippen LogP contribution in [0.4, 0.5) is 0 Å². The molecule has 5 nitrogen and oxygen atoms in total. The number of fused-ring (bicyclic) bond motifs is 1. The largest absolute Gasteiger partial charge is 0.463 e. The Hall–Kier alpha value is -1.22. The fourth-order valence-corrected chi connectivity index (χ4v) is 3.39. The molecule has 4 atom stereocenters. The molecule has 0 aromatic rings. The van der Waals surface area contributed by atoms with E-state index in [1.165, 1.54) is 6.92 Å². The van der Waals surface area contributed by atoms with E-state index in [9.17, 15) is 4.79 Å². The molecule has 0 aromatic heterocycles. The highest BCUT2D eigenvalue weighted by Gasteiger charge is 2.47. The van der Waals surface area contributed by atoms with E-state index in [0.29, 0.717) is 11.8 Å². The van der Waals surface area contributed by atoms with Crippen molar-refractivity contribution in [3.63, 3.8) is 0 Å². The van der Waals surface area contributed by atoms with Crippen molar-refractivity contribution in [2.45, 2.75) is 51.2 Å². The zero-order chi connectivity index (χ0) is 11.8. The van der Waals surface area contributed by atoms with Gasteiger partial charge < -0.3 is 4.74 Å². The Labute approximate surface area is 94.8 Å². The average Bonchev–Trinajstić information content (AvgIpc) is 2.57. The quantitative estimate of drug-likeness (QED) is 0.312. The number of hydrogen-bond donors (Lipinski definition) is 0. The minimum absolute atomic E-state index is 0.0862. The van der Waals surface area contributed by atoms with Crippen LogP contribution < -0.4 is 0 Å². The zero-order valence-corrected chi connectivity index (χ0v) is 9.72. The van der Waals surface area contributed by atoms with Gasteiger partial charge in [-0.2, -0.15) is 0 Å². The van der Waals surface area contributed by atoms with E-state index in [1.54, 1.807) is 0 Å². The van der Waals surface area contributed by atoms with Crippen LogP contribution in [0.25, 0.3) is 10.4 Å². The average molecular weight is 223 g/mol. The first-order valence-corrected chi connectivity index (χ1v) is 5.76. The maximum atomic E-state index is 10.9. The van der Waals surface area contributed by atoms with Gasteiger partial charge in [0.05, 0.1) is 0 Å². The Morgan fingerprint density at radius 3 is 2.44 bits per heavy atom. The molecule has 88 valence electrons. The molecule has 2 fully saturated rings. The van der Waals surface area contributed by atoms with Crippen molar-refractivity contribution in [1.29, 1.82) is 0 Å². The number of rotatable bonds is 2. The number of ether oxygens (including phenoxy) is 1. The predicted molar refractivity (Wildman–Crippen MR) is 58.6 cm³/mol. The fourth-order valence-electron chi connectivity index (χ4n) is 3.39. The van der Waals surface area contributed by atoms with Crippen LogP contribution >= 0.6 is 0 Å². The lowest BCUT2D eigenvalue weighted by molar-refractivity contribution is -0.146. The summed E-state index contributed by atoms with van der Waals surface area (Å²) in [5, 5.41) is 3.90. The molecule has 0 aromatic carbocycles. The maximum Gasteiger partial charge on any atom is 0.302 e. The summed E-state index contributed by atoms with van der Waals surface area (Å²) < 4.78 is 5.23. The third-order valence-electron chi connectivity index (χ3n) is 3.82. The highest BCUT2D eigenvalue weighted by Crippen LogP contribution is 2.50. The normalized spacial score (nSPS) is 41.2. The van der Waals surface area contributed by atoms with Crippen LogP contribution in [-0.4, -0.2) is 17.6 Å². The number of azide groups is 1. The third kappa shape index (κ3) is 2.14. The highest BCUT2D eigenvalue weighted by molar-refractivity contribution is 5.66. The van der Waals surface area contributed by atoms with Crippen LogP contribution in [-0.2, 0) is 9.53 Å². The van der Waals surface area contributed by atoms with Crippen LogP contribution in [0.5, 0.6) is 0 Å². The molecule has 0 heterocycles. The molecule has 2 rings (SSSR count). The molecule has 0 radical (unpaired) electrons. The minimum atomic E-state index is -0.217. The molecule has 0 spiro atoms. The van der Waals surface area contributed by atoms with Crippen molar-refractivity contribution >= 4 is 5.97 Å². The second kappa shape index (κ2) is 3.98. The number of hydrogen-bond acceptors (Lipinski definition) is 3. The van der Waals surface area contributed by atoms with Gasteiger partial charge in [0, 0.05) is 17.4 Å². The summed E-state index contributed by atoms with van der Waals surface area (Å²) in [6, 6.07) is 0. The number of carbonyl (C=O) groups excluding carboxylic acids is 1. The second-order valence-corrected chi connectivity index (χ2v) is 5.32. The summed E-state index contributed by atoms with van der Waals surface area (Å²) in [7, 11) is 0. The third-order valence-corrected chi connectivity index (χ3v) is 3.82. The van der Waals surface area contributed by atoms with Crippen LogP contribution in [0.15, 0.2) is 5.11 Å². The van der Waals surface area contributed by atoms with Crippen molar-refractivity contribution in [1.82, 2.24) is 0 Å². The van der Waals surface area contributed by atoms with Gasteiger partial charge in [0.2, 0.25) is 0 Å². The van der Waals surface area contributed by atoms with Gasteiger partial charge in [-0.3, -0.25) is 4.79 Å². The molecule has 0 amide bonds. The Bertz CT molecular complexity index is 335. The highest BCUT2D eigenvalue weighted by atomic mass is 16.5. The first-order valence-electron chi connectivity index (χ1n) is 5.76. The first-order chi connectivity index (χ1) is 7.52. The van der Waals surface area contributed by atoms with Crippen LogP contribution in [0, 0.1) is 11.8 Å². The van der Waals surface area contributed by atoms with E-state index < -0.39 is 0 Å². The monoisotopic (exact) mass is 223 g/mol. The van der Waals surface area contributed by atoms with Crippen molar-refractivity contribution in [3.05, 3.63) is 10.4 Å². The standard InChI is InChI=1S/C11H17N3O2/c1-7(15)16-10-3-8-5-11(2,13-14-12)6-9(8)4-10/h8-10H,3-6H2,1-2H3/t8-,9+,10?,11?. The Morgan fingerprint density at radius 1 is 1.44 bits per heavy atom. The van der Waals surface area contributed by atoms with E-state index in [4.69, 9.17) is 10.3 Å². The summed E-state index contributed by atoms with van der Waals surface area (Å²) in [4.78, 5) is 13.8. The van der Waals surface area contributed by atoms with Gasteiger partial charge in [0.15, 0.2) is 0 Å². The molecular formula is C11H17N3O2. The molecule has 2 saturated carbocycles. The Morgan fingerprint density at radius 2 is 2.00 bits per heavy atom. The lowest BCUT2D eigenvalue weighted by Crippen LogP contribution is -2.20. The summed E-state index contributed by atoms with van der Waals surface area (Å²) in [6.07, 6.45) is 3.81. The SMILES string of the molecule is CC(=O)OC1C[C@@H]2CC(C)(N=[N+]=[N-])C[C@@H]2C1. The summed E-state index contributed by atoms with van der Waals surface area (Å²) in [6.45, 7) is 3.48. The summed E-state index contributed by atoms with van der Waals surface area (Å²) in [5.41, 5.74) is 8.30. The fraction of sp³-hybridized carbons (Fsp3) is 0.909.